The Morgan fingerprint density at radius 3 is 2.92 bits per heavy atom. The molecule has 0 saturated heterocycles. The van der Waals surface area contributed by atoms with Crippen LogP contribution in [0.25, 0.3) is 0 Å². The molecule has 1 aliphatic rings. The summed E-state index contributed by atoms with van der Waals surface area (Å²) in [5, 5.41) is 0. The predicted octanol–water partition coefficient (Wildman–Crippen LogP) is 2.36. The first-order valence-corrected chi connectivity index (χ1v) is 4.12. The van der Waals surface area contributed by atoms with Crippen LogP contribution in [-0.2, 0) is 6.42 Å². The minimum atomic E-state index is 0. The van der Waals surface area contributed by atoms with Gasteiger partial charge in [-0.2, -0.15) is 0 Å². The highest BCUT2D eigenvalue weighted by molar-refractivity contribution is 5.85. The molecule has 1 aromatic carbocycles. The van der Waals surface area contributed by atoms with Crippen molar-refractivity contribution in [2.24, 2.45) is 5.73 Å². The Hall–Kier alpha value is -0.530. The van der Waals surface area contributed by atoms with Gasteiger partial charge in [0, 0.05) is 6.04 Å². The van der Waals surface area contributed by atoms with E-state index >= 15 is 0 Å². The minimum Gasteiger partial charge on any atom is -0.324 e. The van der Waals surface area contributed by atoms with Crippen molar-refractivity contribution in [3.8, 4) is 0 Å². The zero-order valence-electron chi connectivity index (χ0n) is 7.21. The van der Waals surface area contributed by atoms with Crippen LogP contribution >= 0.6 is 12.4 Å². The van der Waals surface area contributed by atoms with E-state index in [1.807, 2.05) is 0 Å². The molecule has 1 aliphatic carbocycles. The SMILES string of the molecule is Cc1ccc2c(c1)C(N)CC2.Cl. The van der Waals surface area contributed by atoms with E-state index < -0.39 is 0 Å². The highest BCUT2D eigenvalue weighted by Gasteiger charge is 2.17. The molecule has 0 saturated carbocycles. The third-order valence-corrected chi connectivity index (χ3v) is 2.43. The Labute approximate surface area is 79.4 Å². The molecule has 2 N–H and O–H groups in total. The Kier molecular flexibility index (Phi) is 2.76. The maximum Gasteiger partial charge on any atom is 0.0300 e. The molecular formula is C10H14ClN. The third kappa shape index (κ3) is 1.47. The standard InChI is InChI=1S/C10H13N.ClH/c1-7-2-3-8-4-5-10(11)9(8)6-7;/h2-3,6,10H,4-5,11H2,1H3;1H. The minimum absolute atomic E-state index is 0. The van der Waals surface area contributed by atoms with Crippen molar-refractivity contribution in [2.75, 3.05) is 0 Å². The highest BCUT2D eigenvalue weighted by atomic mass is 35.5. The van der Waals surface area contributed by atoms with Gasteiger partial charge in [-0.3, -0.25) is 0 Å². The van der Waals surface area contributed by atoms with Crippen molar-refractivity contribution in [2.45, 2.75) is 25.8 Å². The molecule has 0 spiro atoms. The van der Waals surface area contributed by atoms with Gasteiger partial charge in [0.05, 0.1) is 0 Å². The Morgan fingerprint density at radius 1 is 1.42 bits per heavy atom. The monoisotopic (exact) mass is 183 g/mol. The molecule has 1 unspecified atom stereocenters. The van der Waals surface area contributed by atoms with Crippen molar-refractivity contribution >= 4 is 12.4 Å². The number of rotatable bonds is 0. The summed E-state index contributed by atoms with van der Waals surface area (Å²) in [6, 6.07) is 6.88. The van der Waals surface area contributed by atoms with Crippen LogP contribution in [-0.4, -0.2) is 0 Å². The van der Waals surface area contributed by atoms with Crippen LogP contribution in [0.3, 0.4) is 0 Å². The van der Waals surface area contributed by atoms with Gasteiger partial charge in [-0.1, -0.05) is 23.8 Å². The van der Waals surface area contributed by atoms with Crippen molar-refractivity contribution < 1.29 is 0 Å². The summed E-state index contributed by atoms with van der Waals surface area (Å²) in [6.07, 6.45) is 2.29. The summed E-state index contributed by atoms with van der Waals surface area (Å²) < 4.78 is 0. The largest absolute Gasteiger partial charge is 0.324 e. The van der Waals surface area contributed by atoms with Gasteiger partial charge in [-0.05, 0) is 30.9 Å². The average molecular weight is 184 g/mol. The van der Waals surface area contributed by atoms with Gasteiger partial charge >= 0.3 is 0 Å². The van der Waals surface area contributed by atoms with Crippen molar-refractivity contribution in [1.82, 2.24) is 0 Å². The molecule has 1 nitrogen and oxygen atoms in total. The lowest BCUT2D eigenvalue weighted by atomic mass is 10.1. The van der Waals surface area contributed by atoms with Crippen LogP contribution in [0, 0.1) is 6.92 Å². The van der Waals surface area contributed by atoms with Crippen LogP contribution in [0.4, 0.5) is 0 Å². The molecule has 0 aromatic heterocycles. The zero-order chi connectivity index (χ0) is 7.84. The summed E-state index contributed by atoms with van der Waals surface area (Å²) in [4.78, 5) is 0. The fourth-order valence-electron chi connectivity index (χ4n) is 1.75. The second kappa shape index (κ2) is 3.46. The molecule has 66 valence electrons. The fraction of sp³-hybridized carbons (Fsp3) is 0.400. The molecule has 0 bridgehead atoms. The van der Waals surface area contributed by atoms with Gasteiger partial charge in [-0.25, -0.2) is 0 Å². The predicted molar refractivity (Wildman–Crippen MR) is 53.7 cm³/mol. The topological polar surface area (TPSA) is 26.0 Å². The molecular weight excluding hydrogens is 170 g/mol. The third-order valence-electron chi connectivity index (χ3n) is 2.43. The van der Waals surface area contributed by atoms with Gasteiger partial charge in [0.1, 0.15) is 0 Å². The van der Waals surface area contributed by atoms with E-state index in [-0.39, 0.29) is 12.4 Å². The summed E-state index contributed by atoms with van der Waals surface area (Å²) in [6.45, 7) is 2.12. The molecule has 0 aliphatic heterocycles. The molecule has 0 amide bonds. The van der Waals surface area contributed by atoms with Gasteiger partial charge in [0.2, 0.25) is 0 Å². The molecule has 1 aromatic rings. The second-order valence-electron chi connectivity index (χ2n) is 3.35. The molecule has 0 radical (unpaired) electrons. The normalized spacial score (nSPS) is 20.0. The van der Waals surface area contributed by atoms with E-state index in [1.54, 1.807) is 0 Å². The first kappa shape index (κ1) is 9.56. The van der Waals surface area contributed by atoms with E-state index in [1.165, 1.54) is 16.7 Å². The maximum absolute atomic E-state index is 5.92. The highest BCUT2D eigenvalue weighted by Crippen LogP contribution is 2.29. The molecule has 2 heteroatoms. The maximum atomic E-state index is 5.92. The zero-order valence-corrected chi connectivity index (χ0v) is 8.03. The number of hydrogen-bond donors (Lipinski definition) is 1. The number of hydrogen-bond acceptors (Lipinski definition) is 1. The number of nitrogens with two attached hydrogens (primary N) is 1. The van der Waals surface area contributed by atoms with E-state index in [4.69, 9.17) is 5.73 Å². The Bertz CT molecular complexity index is 283. The summed E-state index contributed by atoms with van der Waals surface area (Å²) in [7, 11) is 0. The summed E-state index contributed by atoms with van der Waals surface area (Å²) in [5.74, 6) is 0. The lowest BCUT2D eigenvalue weighted by molar-refractivity contribution is 0.713. The number of fused-ring (bicyclic) bond motifs is 1. The number of halogens is 1. The second-order valence-corrected chi connectivity index (χ2v) is 3.35. The van der Waals surface area contributed by atoms with Crippen molar-refractivity contribution in [3.05, 3.63) is 34.9 Å². The van der Waals surface area contributed by atoms with Crippen LogP contribution in [0.5, 0.6) is 0 Å². The van der Waals surface area contributed by atoms with Crippen LogP contribution < -0.4 is 5.73 Å². The molecule has 0 fully saturated rings. The van der Waals surface area contributed by atoms with E-state index in [0.717, 1.165) is 12.8 Å². The van der Waals surface area contributed by atoms with Crippen molar-refractivity contribution in [3.63, 3.8) is 0 Å². The van der Waals surface area contributed by atoms with Crippen molar-refractivity contribution in [1.29, 1.82) is 0 Å². The van der Waals surface area contributed by atoms with E-state index in [0.29, 0.717) is 6.04 Å². The van der Waals surface area contributed by atoms with Gasteiger partial charge < -0.3 is 5.73 Å². The van der Waals surface area contributed by atoms with Gasteiger partial charge in [0.15, 0.2) is 0 Å². The average Bonchev–Trinajstić information content (AvgIpc) is 2.33. The van der Waals surface area contributed by atoms with Gasteiger partial charge in [-0.15, -0.1) is 12.4 Å². The Morgan fingerprint density at radius 2 is 2.17 bits per heavy atom. The first-order valence-electron chi connectivity index (χ1n) is 4.12. The summed E-state index contributed by atoms with van der Waals surface area (Å²) >= 11 is 0. The molecule has 12 heavy (non-hydrogen) atoms. The lowest BCUT2D eigenvalue weighted by Crippen LogP contribution is -2.05. The first-order chi connectivity index (χ1) is 5.27. The van der Waals surface area contributed by atoms with E-state index in [2.05, 4.69) is 25.1 Å². The van der Waals surface area contributed by atoms with Crippen LogP contribution in [0.1, 0.15) is 29.2 Å². The molecule has 0 heterocycles. The smallest absolute Gasteiger partial charge is 0.0300 e. The van der Waals surface area contributed by atoms with Crippen LogP contribution in [0.2, 0.25) is 0 Å². The summed E-state index contributed by atoms with van der Waals surface area (Å²) in [5.41, 5.74) is 10.0. The van der Waals surface area contributed by atoms with E-state index in [9.17, 15) is 0 Å². The Balaban J connectivity index is 0.000000720. The number of benzene rings is 1. The molecule has 2 rings (SSSR count). The van der Waals surface area contributed by atoms with Gasteiger partial charge in [0.25, 0.3) is 0 Å². The van der Waals surface area contributed by atoms with Crippen LogP contribution in [0.15, 0.2) is 18.2 Å². The lowest BCUT2D eigenvalue weighted by Gasteiger charge is -2.04. The fourth-order valence-corrected chi connectivity index (χ4v) is 1.75. The number of aryl methyl sites for hydroxylation is 2. The molecule has 1 atom stereocenters. The quantitative estimate of drug-likeness (QED) is 0.657.